The van der Waals surface area contributed by atoms with Gasteiger partial charge in [-0.05, 0) is 30.8 Å². The number of hydrogen-bond donors (Lipinski definition) is 2. The van der Waals surface area contributed by atoms with Crippen LogP contribution in [0.25, 0.3) is 0 Å². The maximum Gasteiger partial charge on any atom is 0.161 e. The molecule has 0 heterocycles. The minimum Gasteiger partial charge on any atom is -0.493 e. The number of methoxy groups -OCH3 is 2. The lowest BCUT2D eigenvalue weighted by atomic mass is 10.1. The van der Waals surface area contributed by atoms with Crippen LogP contribution < -0.4 is 20.5 Å². The minimum absolute atomic E-state index is 0.125. The summed E-state index contributed by atoms with van der Waals surface area (Å²) in [5.74, 6) is 1.47. The Bertz CT molecular complexity index is 409. The molecule has 1 atom stereocenters. The Kier molecular flexibility index (Phi) is 8.12. The number of nitrogens with one attached hydrogen (secondary N) is 1. The molecule has 0 bridgehead atoms. The molecule has 0 aliphatic carbocycles. The molecule has 0 saturated carbocycles. The average Bonchev–Trinajstić information content (AvgIpc) is 2.54. The second-order valence-corrected chi connectivity index (χ2v) is 4.88. The van der Waals surface area contributed by atoms with Crippen molar-refractivity contribution in [1.82, 2.24) is 10.2 Å². The fraction of sp³-hybridized carbons (Fsp3) is 0.625. The Balaban J connectivity index is 2.67. The zero-order chi connectivity index (χ0) is 15.7. The van der Waals surface area contributed by atoms with E-state index in [2.05, 4.69) is 24.1 Å². The molecular weight excluding hydrogens is 266 g/mol. The number of likely N-dealkylation sites (N-methyl/N-ethyl adjacent to an activating group) is 1. The molecule has 5 nitrogen and oxygen atoms in total. The minimum atomic E-state index is 0.125. The van der Waals surface area contributed by atoms with Crippen LogP contribution in [0.2, 0.25) is 0 Å². The van der Waals surface area contributed by atoms with Crippen LogP contribution in [0.15, 0.2) is 18.2 Å². The Morgan fingerprint density at radius 3 is 2.33 bits per heavy atom. The van der Waals surface area contributed by atoms with Crippen molar-refractivity contribution in [2.75, 3.05) is 46.9 Å². The molecule has 0 radical (unpaired) electrons. The highest BCUT2D eigenvalue weighted by molar-refractivity contribution is 5.43. The second-order valence-electron chi connectivity index (χ2n) is 4.88. The van der Waals surface area contributed by atoms with Gasteiger partial charge in [0.25, 0.3) is 0 Å². The molecule has 0 aliphatic rings. The highest BCUT2D eigenvalue weighted by Gasteiger charge is 2.12. The summed E-state index contributed by atoms with van der Waals surface area (Å²) < 4.78 is 10.6. The van der Waals surface area contributed by atoms with Crippen LogP contribution in [-0.4, -0.2) is 51.8 Å². The van der Waals surface area contributed by atoms with E-state index in [1.807, 2.05) is 18.2 Å². The summed E-state index contributed by atoms with van der Waals surface area (Å²) in [5, 5.41) is 3.51. The van der Waals surface area contributed by atoms with Gasteiger partial charge in [0.05, 0.1) is 14.2 Å². The van der Waals surface area contributed by atoms with E-state index in [9.17, 15) is 0 Å². The van der Waals surface area contributed by atoms with Crippen LogP contribution in [0, 0.1) is 0 Å². The topological polar surface area (TPSA) is 59.8 Å². The van der Waals surface area contributed by atoms with Crippen LogP contribution >= 0.6 is 0 Å². The maximum atomic E-state index is 5.90. The van der Waals surface area contributed by atoms with Crippen LogP contribution in [0.5, 0.6) is 11.5 Å². The number of ether oxygens (including phenoxy) is 2. The summed E-state index contributed by atoms with van der Waals surface area (Å²) in [5.41, 5.74) is 7.02. The zero-order valence-electron chi connectivity index (χ0n) is 13.7. The van der Waals surface area contributed by atoms with Gasteiger partial charge in [-0.2, -0.15) is 0 Å². The smallest absolute Gasteiger partial charge is 0.161 e. The molecule has 0 amide bonds. The molecule has 3 N–H and O–H groups in total. The van der Waals surface area contributed by atoms with E-state index < -0.39 is 0 Å². The van der Waals surface area contributed by atoms with Crippen molar-refractivity contribution >= 4 is 0 Å². The van der Waals surface area contributed by atoms with Crippen molar-refractivity contribution < 1.29 is 9.47 Å². The maximum absolute atomic E-state index is 5.90. The SMILES string of the molecule is CCN(CC)CCNC(CN)c1ccc(OC)c(OC)c1. The van der Waals surface area contributed by atoms with E-state index in [1.54, 1.807) is 14.2 Å². The molecule has 0 fully saturated rings. The fourth-order valence-corrected chi connectivity index (χ4v) is 2.34. The second kappa shape index (κ2) is 9.60. The third-order valence-electron chi connectivity index (χ3n) is 3.76. The molecule has 0 spiro atoms. The number of nitrogens with two attached hydrogens (primary N) is 1. The Morgan fingerprint density at radius 1 is 1.14 bits per heavy atom. The molecule has 1 unspecified atom stereocenters. The van der Waals surface area contributed by atoms with Gasteiger partial charge in [-0.15, -0.1) is 0 Å². The van der Waals surface area contributed by atoms with Gasteiger partial charge in [0.2, 0.25) is 0 Å². The third kappa shape index (κ3) is 5.19. The van der Waals surface area contributed by atoms with Crippen molar-refractivity contribution in [3.8, 4) is 11.5 Å². The molecule has 1 aromatic rings. The zero-order valence-corrected chi connectivity index (χ0v) is 13.7. The van der Waals surface area contributed by atoms with Crippen LogP contribution in [0.3, 0.4) is 0 Å². The van der Waals surface area contributed by atoms with Crippen molar-refractivity contribution in [1.29, 1.82) is 0 Å². The first-order valence-corrected chi connectivity index (χ1v) is 7.57. The Hall–Kier alpha value is -1.30. The van der Waals surface area contributed by atoms with Crippen molar-refractivity contribution in [3.05, 3.63) is 23.8 Å². The molecule has 21 heavy (non-hydrogen) atoms. The molecule has 1 aromatic carbocycles. The van der Waals surface area contributed by atoms with Gasteiger partial charge in [-0.3, -0.25) is 0 Å². The third-order valence-corrected chi connectivity index (χ3v) is 3.76. The van der Waals surface area contributed by atoms with E-state index >= 15 is 0 Å². The molecule has 0 aliphatic heterocycles. The standard InChI is InChI=1S/C16H29N3O2/c1-5-19(6-2)10-9-18-14(12-17)13-7-8-15(20-3)16(11-13)21-4/h7-8,11,14,18H,5-6,9-10,12,17H2,1-4H3. The van der Waals surface area contributed by atoms with Gasteiger partial charge in [0, 0.05) is 25.7 Å². The first-order valence-electron chi connectivity index (χ1n) is 7.57. The summed E-state index contributed by atoms with van der Waals surface area (Å²) in [4.78, 5) is 2.38. The molecule has 0 saturated heterocycles. The lowest BCUT2D eigenvalue weighted by molar-refractivity contribution is 0.296. The quantitative estimate of drug-likeness (QED) is 0.687. The van der Waals surface area contributed by atoms with E-state index in [0.717, 1.165) is 43.2 Å². The summed E-state index contributed by atoms with van der Waals surface area (Å²) in [7, 11) is 3.28. The largest absolute Gasteiger partial charge is 0.493 e. The van der Waals surface area contributed by atoms with Gasteiger partial charge >= 0.3 is 0 Å². The van der Waals surface area contributed by atoms with Crippen molar-refractivity contribution in [2.24, 2.45) is 5.73 Å². The number of nitrogens with zero attached hydrogens (tertiary/aromatic N) is 1. The fourth-order valence-electron chi connectivity index (χ4n) is 2.34. The molecule has 0 aromatic heterocycles. The van der Waals surface area contributed by atoms with Gasteiger partial charge < -0.3 is 25.4 Å². The van der Waals surface area contributed by atoms with Gasteiger partial charge in [-0.1, -0.05) is 19.9 Å². The molecular formula is C16H29N3O2. The highest BCUT2D eigenvalue weighted by atomic mass is 16.5. The summed E-state index contributed by atoms with van der Waals surface area (Å²) in [6, 6.07) is 6.06. The average molecular weight is 295 g/mol. The van der Waals surface area contributed by atoms with Crippen molar-refractivity contribution in [3.63, 3.8) is 0 Å². The molecule has 1 rings (SSSR count). The lowest BCUT2D eigenvalue weighted by Crippen LogP contribution is -2.36. The summed E-state index contributed by atoms with van der Waals surface area (Å²) in [6.45, 7) is 8.99. The van der Waals surface area contributed by atoms with Crippen LogP contribution in [-0.2, 0) is 0 Å². The molecule has 120 valence electrons. The molecule has 5 heteroatoms. The van der Waals surface area contributed by atoms with Gasteiger partial charge in [-0.25, -0.2) is 0 Å². The van der Waals surface area contributed by atoms with E-state index in [1.165, 1.54) is 0 Å². The predicted octanol–water partition coefficient (Wildman–Crippen LogP) is 1.64. The Morgan fingerprint density at radius 2 is 1.81 bits per heavy atom. The summed E-state index contributed by atoms with van der Waals surface area (Å²) in [6.07, 6.45) is 0. The first kappa shape index (κ1) is 17.8. The van der Waals surface area contributed by atoms with E-state index in [-0.39, 0.29) is 6.04 Å². The number of hydrogen-bond acceptors (Lipinski definition) is 5. The summed E-state index contributed by atoms with van der Waals surface area (Å²) >= 11 is 0. The van der Waals surface area contributed by atoms with Crippen LogP contribution in [0.4, 0.5) is 0 Å². The van der Waals surface area contributed by atoms with Crippen LogP contribution in [0.1, 0.15) is 25.5 Å². The predicted molar refractivity (Wildman–Crippen MR) is 87.1 cm³/mol. The van der Waals surface area contributed by atoms with Gasteiger partial charge in [0.1, 0.15) is 0 Å². The van der Waals surface area contributed by atoms with Crippen molar-refractivity contribution in [2.45, 2.75) is 19.9 Å². The lowest BCUT2D eigenvalue weighted by Gasteiger charge is -2.22. The number of rotatable bonds is 10. The normalized spacial score (nSPS) is 12.5. The highest BCUT2D eigenvalue weighted by Crippen LogP contribution is 2.29. The number of benzene rings is 1. The monoisotopic (exact) mass is 295 g/mol. The van der Waals surface area contributed by atoms with E-state index in [4.69, 9.17) is 15.2 Å². The Labute approximate surface area is 128 Å². The van der Waals surface area contributed by atoms with Gasteiger partial charge in [0.15, 0.2) is 11.5 Å². The van der Waals surface area contributed by atoms with E-state index in [0.29, 0.717) is 6.54 Å². The first-order chi connectivity index (χ1) is 10.2.